The third-order valence-corrected chi connectivity index (χ3v) is 5.87. The van der Waals surface area contributed by atoms with Crippen LogP contribution in [0.3, 0.4) is 0 Å². The second kappa shape index (κ2) is 6.31. The first-order valence-corrected chi connectivity index (χ1v) is 8.91. The highest BCUT2D eigenvalue weighted by Crippen LogP contribution is 2.49. The Morgan fingerprint density at radius 2 is 1.68 bits per heavy atom. The van der Waals surface area contributed by atoms with Gasteiger partial charge in [0, 0.05) is 12.2 Å². The van der Waals surface area contributed by atoms with E-state index in [2.05, 4.69) is 0 Å². The number of carbonyl (C=O) groups excluding carboxylic acids is 1. The molecule has 3 nitrogen and oxygen atoms in total. The molecule has 138 valence electrons. The number of alkyl halides is 3. The van der Waals surface area contributed by atoms with Crippen LogP contribution < -0.4 is 4.90 Å². The molecule has 6 heteroatoms. The minimum absolute atomic E-state index is 0.00851. The van der Waals surface area contributed by atoms with Gasteiger partial charge in [-0.1, -0.05) is 13.3 Å². The molecular formula is C19H24F3NO2. The van der Waals surface area contributed by atoms with Crippen molar-refractivity contribution in [2.75, 3.05) is 11.4 Å². The second-order valence-corrected chi connectivity index (χ2v) is 7.51. The van der Waals surface area contributed by atoms with E-state index in [4.69, 9.17) is 0 Å². The van der Waals surface area contributed by atoms with Crippen LogP contribution in [-0.2, 0) is 11.0 Å². The highest BCUT2D eigenvalue weighted by atomic mass is 19.4. The summed E-state index contributed by atoms with van der Waals surface area (Å²) >= 11 is 0. The summed E-state index contributed by atoms with van der Waals surface area (Å²) in [4.78, 5) is 14.6. The van der Waals surface area contributed by atoms with E-state index in [1.54, 1.807) is 4.90 Å². The molecule has 0 bridgehead atoms. The van der Waals surface area contributed by atoms with Crippen molar-refractivity contribution in [1.29, 1.82) is 0 Å². The molecule has 1 aliphatic heterocycles. The Bertz CT molecular complexity index is 631. The Hall–Kier alpha value is -1.56. The predicted molar refractivity (Wildman–Crippen MR) is 89.2 cm³/mol. The van der Waals surface area contributed by atoms with Crippen LogP contribution in [0.15, 0.2) is 24.3 Å². The standard InChI is InChI=1S/C19H24F3NO2/c1-2-7-18(25)10-8-17(9-11-18)12-13-23(16(17)24)15-5-3-14(4-6-15)19(20,21)22/h3-6,25H,2,7-13H2,1H3. The number of aliphatic hydroxyl groups is 1. The van der Waals surface area contributed by atoms with E-state index in [1.807, 2.05) is 6.92 Å². The first-order chi connectivity index (χ1) is 11.7. The number of hydrogen-bond donors (Lipinski definition) is 1. The average molecular weight is 355 g/mol. The monoisotopic (exact) mass is 355 g/mol. The van der Waals surface area contributed by atoms with Crippen LogP contribution in [0.2, 0.25) is 0 Å². The molecule has 1 aromatic rings. The molecule has 1 saturated heterocycles. The SMILES string of the molecule is CCCC1(O)CCC2(CCN(c3ccc(C(F)(F)F)cc3)C2=O)CC1. The summed E-state index contributed by atoms with van der Waals surface area (Å²) in [7, 11) is 0. The lowest BCUT2D eigenvalue weighted by Gasteiger charge is -2.41. The van der Waals surface area contributed by atoms with Gasteiger partial charge in [0.15, 0.2) is 0 Å². The zero-order chi connectivity index (χ0) is 18.3. The van der Waals surface area contributed by atoms with Crippen molar-refractivity contribution < 1.29 is 23.1 Å². The average Bonchev–Trinajstić information content (AvgIpc) is 2.87. The van der Waals surface area contributed by atoms with Gasteiger partial charge in [0.2, 0.25) is 5.91 Å². The van der Waals surface area contributed by atoms with Gasteiger partial charge in [-0.05, 0) is 62.8 Å². The Morgan fingerprint density at radius 1 is 1.08 bits per heavy atom. The maximum Gasteiger partial charge on any atom is 0.416 e. The molecule has 1 N–H and O–H groups in total. The molecule has 1 saturated carbocycles. The van der Waals surface area contributed by atoms with E-state index >= 15 is 0 Å². The predicted octanol–water partition coefficient (Wildman–Crippen LogP) is 4.53. The van der Waals surface area contributed by atoms with Gasteiger partial charge in [0.05, 0.1) is 16.6 Å². The summed E-state index contributed by atoms with van der Waals surface area (Å²) in [5.41, 5.74) is -1.31. The third-order valence-electron chi connectivity index (χ3n) is 5.87. The number of benzene rings is 1. The van der Waals surface area contributed by atoms with Crippen molar-refractivity contribution in [1.82, 2.24) is 0 Å². The van der Waals surface area contributed by atoms with Gasteiger partial charge in [-0.15, -0.1) is 0 Å². The van der Waals surface area contributed by atoms with Gasteiger partial charge in [-0.2, -0.15) is 13.2 Å². The van der Waals surface area contributed by atoms with Crippen LogP contribution in [0.1, 0.15) is 57.4 Å². The van der Waals surface area contributed by atoms with E-state index in [9.17, 15) is 23.1 Å². The summed E-state index contributed by atoms with van der Waals surface area (Å²) in [5.74, 6) is -0.00851. The number of halogens is 3. The minimum atomic E-state index is -4.37. The lowest BCUT2D eigenvalue weighted by molar-refractivity contribution is -0.137. The van der Waals surface area contributed by atoms with E-state index in [-0.39, 0.29) is 5.91 Å². The molecule has 25 heavy (non-hydrogen) atoms. The van der Waals surface area contributed by atoms with Crippen molar-refractivity contribution in [2.24, 2.45) is 5.41 Å². The smallest absolute Gasteiger partial charge is 0.390 e. The maximum absolute atomic E-state index is 13.0. The van der Waals surface area contributed by atoms with Gasteiger partial charge in [0.25, 0.3) is 0 Å². The highest BCUT2D eigenvalue weighted by Gasteiger charge is 2.51. The molecule has 0 atom stereocenters. The molecule has 3 rings (SSSR count). The number of hydrogen-bond acceptors (Lipinski definition) is 2. The summed E-state index contributed by atoms with van der Waals surface area (Å²) in [6.07, 6.45) is 0.533. The van der Waals surface area contributed by atoms with Gasteiger partial charge >= 0.3 is 6.18 Å². The molecule has 2 fully saturated rings. The van der Waals surface area contributed by atoms with Crippen LogP contribution in [-0.4, -0.2) is 23.2 Å². The van der Waals surface area contributed by atoms with Gasteiger partial charge in [0.1, 0.15) is 0 Å². The van der Waals surface area contributed by atoms with Crippen LogP contribution >= 0.6 is 0 Å². The van der Waals surface area contributed by atoms with Crippen LogP contribution in [0.5, 0.6) is 0 Å². The number of carbonyl (C=O) groups is 1. The van der Waals surface area contributed by atoms with Gasteiger partial charge in [-0.25, -0.2) is 0 Å². The van der Waals surface area contributed by atoms with E-state index in [0.29, 0.717) is 44.3 Å². The molecule has 0 aromatic heterocycles. The summed E-state index contributed by atoms with van der Waals surface area (Å²) in [6, 6.07) is 4.79. The topological polar surface area (TPSA) is 40.5 Å². The first kappa shape index (κ1) is 18.2. The normalized spacial score (nSPS) is 30.3. The van der Waals surface area contributed by atoms with E-state index in [1.165, 1.54) is 12.1 Å². The molecule has 0 unspecified atom stereocenters. The fourth-order valence-corrected chi connectivity index (χ4v) is 4.27. The number of anilines is 1. The summed E-state index contributed by atoms with van der Waals surface area (Å²) in [6.45, 7) is 2.56. The molecule has 1 spiro atoms. The van der Waals surface area contributed by atoms with Crippen LogP contribution in [0.4, 0.5) is 18.9 Å². The largest absolute Gasteiger partial charge is 0.416 e. The third kappa shape index (κ3) is 3.41. The van der Waals surface area contributed by atoms with Crippen LogP contribution in [0.25, 0.3) is 0 Å². The highest BCUT2D eigenvalue weighted by molar-refractivity contribution is 6.00. The molecule has 1 heterocycles. The van der Waals surface area contributed by atoms with Crippen molar-refractivity contribution in [3.8, 4) is 0 Å². The van der Waals surface area contributed by atoms with Crippen LogP contribution in [0, 0.1) is 5.41 Å². The van der Waals surface area contributed by atoms with E-state index < -0.39 is 22.8 Å². The molecule has 1 aromatic carbocycles. The fraction of sp³-hybridized carbons (Fsp3) is 0.632. The van der Waals surface area contributed by atoms with Gasteiger partial charge in [-0.3, -0.25) is 4.79 Å². The van der Waals surface area contributed by atoms with E-state index in [0.717, 1.165) is 25.0 Å². The molecule has 0 radical (unpaired) electrons. The van der Waals surface area contributed by atoms with Crippen molar-refractivity contribution in [2.45, 2.75) is 63.6 Å². The minimum Gasteiger partial charge on any atom is -0.390 e. The zero-order valence-electron chi connectivity index (χ0n) is 14.4. The lowest BCUT2D eigenvalue weighted by atomic mass is 9.67. The Balaban J connectivity index is 1.72. The summed E-state index contributed by atoms with van der Waals surface area (Å²) in [5, 5.41) is 10.6. The number of nitrogens with zero attached hydrogens (tertiary/aromatic N) is 1. The Morgan fingerprint density at radius 3 is 2.20 bits per heavy atom. The molecule has 1 amide bonds. The fourth-order valence-electron chi connectivity index (χ4n) is 4.27. The quantitative estimate of drug-likeness (QED) is 0.865. The number of rotatable bonds is 3. The molecule has 2 aliphatic rings. The molecule has 1 aliphatic carbocycles. The second-order valence-electron chi connectivity index (χ2n) is 7.51. The first-order valence-electron chi connectivity index (χ1n) is 8.91. The maximum atomic E-state index is 13.0. The van der Waals surface area contributed by atoms with Crippen molar-refractivity contribution >= 4 is 11.6 Å². The Labute approximate surface area is 145 Å². The molecular weight excluding hydrogens is 331 g/mol. The number of amides is 1. The Kier molecular flexibility index (Phi) is 4.60. The summed E-state index contributed by atoms with van der Waals surface area (Å²) < 4.78 is 38.1. The van der Waals surface area contributed by atoms with Crippen molar-refractivity contribution in [3.63, 3.8) is 0 Å². The van der Waals surface area contributed by atoms with Crippen molar-refractivity contribution in [3.05, 3.63) is 29.8 Å². The zero-order valence-corrected chi connectivity index (χ0v) is 14.4. The lowest BCUT2D eigenvalue weighted by Crippen LogP contribution is -2.43. The van der Waals surface area contributed by atoms with Gasteiger partial charge < -0.3 is 10.0 Å².